The Kier molecular flexibility index (Phi) is 3.79. The molecule has 5 heteroatoms. The maximum Gasteiger partial charge on any atom is 0.141 e. The van der Waals surface area contributed by atoms with Crippen LogP contribution in [0.3, 0.4) is 0 Å². The van der Waals surface area contributed by atoms with Gasteiger partial charge in [0.2, 0.25) is 0 Å². The highest BCUT2D eigenvalue weighted by Crippen LogP contribution is 2.23. The van der Waals surface area contributed by atoms with Crippen molar-refractivity contribution in [2.45, 2.75) is 23.8 Å². The van der Waals surface area contributed by atoms with Crippen LogP contribution in [0.2, 0.25) is 0 Å². The molecule has 1 aromatic heterocycles. The van der Waals surface area contributed by atoms with Crippen LogP contribution in [0.25, 0.3) is 0 Å². The Morgan fingerprint density at radius 1 is 1.69 bits per heavy atom. The van der Waals surface area contributed by atoms with E-state index in [1.54, 1.807) is 18.0 Å². The highest BCUT2D eigenvalue weighted by Gasteiger charge is 2.15. The normalized spacial score (nSPS) is 19.9. The number of nitrogens with zero attached hydrogens (tertiary/aromatic N) is 1. The minimum absolute atomic E-state index is 0.0135. The number of thioether (sulfide) groups is 1. The van der Waals surface area contributed by atoms with Crippen molar-refractivity contribution in [3.63, 3.8) is 0 Å². The maximum absolute atomic E-state index is 7.31. The fourth-order valence-corrected chi connectivity index (χ4v) is 2.61. The van der Waals surface area contributed by atoms with Crippen molar-refractivity contribution >= 4 is 17.6 Å². The van der Waals surface area contributed by atoms with Crippen LogP contribution < -0.4 is 5.73 Å². The van der Waals surface area contributed by atoms with Gasteiger partial charge in [-0.3, -0.25) is 10.4 Å². The first-order valence-electron chi connectivity index (χ1n) is 5.30. The van der Waals surface area contributed by atoms with Gasteiger partial charge in [-0.05, 0) is 25.0 Å². The molecule has 16 heavy (non-hydrogen) atoms. The summed E-state index contributed by atoms with van der Waals surface area (Å²) >= 11 is 1.73. The third kappa shape index (κ3) is 2.96. The largest absolute Gasteiger partial charge is 0.382 e. The van der Waals surface area contributed by atoms with E-state index >= 15 is 0 Å². The number of amidine groups is 1. The Hall–Kier alpha value is -1.07. The number of hydrogen-bond acceptors (Lipinski definition) is 4. The second-order valence-corrected chi connectivity index (χ2v) is 4.83. The summed E-state index contributed by atoms with van der Waals surface area (Å²) < 4.78 is 5.55. The van der Waals surface area contributed by atoms with Crippen molar-refractivity contribution in [1.82, 2.24) is 4.98 Å². The topological polar surface area (TPSA) is 72.0 Å². The Labute approximate surface area is 99.1 Å². The molecule has 86 valence electrons. The molecule has 4 nitrogen and oxygen atoms in total. The van der Waals surface area contributed by atoms with Gasteiger partial charge >= 0.3 is 0 Å². The molecule has 1 aliphatic rings. The molecule has 0 aliphatic carbocycles. The summed E-state index contributed by atoms with van der Waals surface area (Å²) in [6.07, 6.45) is 4.38. The minimum Gasteiger partial charge on any atom is -0.382 e. The van der Waals surface area contributed by atoms with Crippen molar-refractivity contribution in [3.05, 3.63) is 24.0 Å². The van der Waals surface area contributed by atoms with Crippen LogP contribution in [-0.4, -0.2) is 29.3 Å². The predicted octanol–water partition coefficient (Wildman–Crippen LogP) is 1.64. The van der Waals surface area contributed by atoms with E-state index in [1.165, 1.54) is 6.42 Å². The van der Waals surface area contributed by atoms with Crippen molar-refractivity contribution in [2.24, 2.45) is 5.73 Å². The monoisotopic (exact) mass is 237 g/mol. The molecule has 1 atom stereocenters. The lowest BCUT2D eigenvalue weighted by atomic mass is 10.3. The third-order valence-corrected chi connectivity index (χ3v) is 3.59. The van der Waals surface area contributed by atoms with Gasteiger partial charge in [-0.15, -0.1) is 11.8 Å². The second kappa shape index (κ2) is 5.32. The zero-order valence-corrected chi connectivity index (χ0v) is 9.80. The summed E-state index contributed by atoms with van der Waals surface area (Å²) in [5.74, 6) is 0.973. The molecule has 1 fully saturated rings. The van der Waals surface area contributed by atoms with Gasteiger partial charge in [0, 0.05) is 23.5 Å². The zero-order valence-electron chi connectivity index (χ0n) is 8.98. The second-order valence-electron chi connectivity index (χ2n) is 3.74. The SMILES string of the molecule is N=C(N)c1cc(SCC2CCCO2)ccn1. The lowest BCUT2D eigenvalue weighted by molar-refractivity contribution is 0.129. The number of rotatable bonds is 4. The Morgan fingerprint density at radius 2 is 2.56 bits per heavy atom. The zero-order chi connectivity index (χ0) is 11.4. The number of ether oxygens (including phenoxy) is 1. The summed E-state index contributed by atoms with van der Waals surface area (Å²) in [7, 11) is 0. The lowest BCUT2D eigenvalue weighted by Crippen LogP contribution is -2.13. The molecule has 0 aromatic carbocycles. The van der Waals surface area contributed by atoms with Crippen molar-refractivity contribution in [3.8, 4) is 0 Å². The molecule has 1 saturated heterocycles. The first-order chi connectivity index (χ1) is 7.75. The molecular formula is C11H15N3OS. The summed E-state index contributed by atoms with van der Waals surface area (Å²) in [6, 6.07) is 3.79. The van der Waals surface area contributed by atoms with E-state index in [-0.39, 0.29) is 5.84 Å². The molecule has 1 aromatic rings. The molecule has 0 saturated carbocycles. The average molecular weight is 237 g/mol. The van der Waals surface area contributed by atoms with Gasteiger partial charge in [-0.2, -0.15) is 0 Å². The van der Waals surface area contributed by atoms with Crippen LogP contribution in [-0.2, 0) is 4.74 Å². The molecule has 1 aliphatic heterocycles. The molecule has 2 heterocycles. The van der Waals surface area contributed by atoms with Crippen LogP contribution in [0.4, 0.5) is 0 Å². The van der Waals surface area contributed by atoms with Gasteiger partial charge < -0.3 is 10.5 Å². The standard InChI is InChI=1S/C11H15N3OS/c12-11(13)10-6-9(3-4-14-10)16-7-8-2-1-5-15-8/h3-4,6,8H,1-2,5,7H2,(H3,12,13). The summed E-state index contributed by atoms with van der Waals surface area (Å²) in [6.45, 7) is 0.889. The molecule has 0 spiro atoms. The fraction of sp³-hybridized carbons (Fsp3) is 0.455. The number of nitrogens with two attached hydrogens (primary N) is 1. The van der Waals surface area contributed by atoms with E-state index < -0.39 is 0 Å². The van der Waals surface area contributed by atoms with E-state index in [0.29, 0.717) is 11.8 Å². The van der Waals surface area contributed by atoms with E-state index in [1.807, 2.05) is 12.1 Å². The van der Waals surface area contributed by atoms with E-state index in [4.69, 9.17) is 15.9 Å². The van der Waals surface area contributed by atoms with Crippen molar-refractivity contribution in [1.29, 1.82) is 5.41 Å². The Morgan fingerprint density at radius 3 is 3.25 bits per heavy atom. The van der Waals surface area contributed by atoms with Gasteiger partial charge in [0.1, 0.15) is 11.5 Å². The van der Waals surface area contributed by atoms with Gasteiger partial charge in [-0.1, -0.05) is 0 Å². The molecule has 2 rings (SSSR count). The van der Waals surface area contributed by atoms with Crippen LogP contribution >= 0.6 is 11.8 Å². The summed E-state index contributed by atoms with van der Waals surface area (Å²) in [5.41, 5.74) is 5.93. The number of aromatic nitrogens is 1. The van der Waals surface area contributed by atoms with Gasteiger partial charge in [0.05, 0.1) is 6.10 Å². The van der Waals surface area contributed by atoms with Crippen LogP contribution in [0.1, 0.15) is 18.5 Å². The third-order valence-electron chi connectivity index (χ3n) is 2.47. The minimum atomic E-state index is 0.0135. The van der Waals surface area contributed by atoms with Crippen molar-refractivity contribution in [2.75, 3.05) is 12.4 Å². The van der Waals surface area contributed by atoms with E-state index in [9.17, 15) is 0 Å². The van der Waals surface area contributed by atoms with E-state index in [0.717, 1.165) is 23.7 Å². The van der Waals surface area contributed by atoms with Gasteiger partial charge in [0.25, 0.3) is 0 Å². The first kappa shape index (κ1) is 11.4. The van der Waals surface area contributed by atoms with Crippen molar-refractivity contribution < 1.29 is 4.74 Å². The van der Waals surface area contributed by atoms with E-state index in [2.05, 4.69) is 4.98 Å². The average Bonchev–Trinajstić information content (AvgIpc) is 2.79. The summed E-state index contributed by atoms with van der Waals surface area (Å²) in [4.78, 5) is 5.12. The Bertz CT molecular complexity index is 377. The smallest absolute Gasteiger partial charge is 0.141 e. The fourth-order valence-electron chi connectivity index (χ4n) is 1.61. The summed E-state index contributed by atoms with van der Waals surface area (Å²) in [5, 5.41) is 7.31. The molecular weight excluding hydrogens is 222 g/mol. The van der Waals surface area contributed by atoms with Crippen LogP contribution in [0.15, 0.2) is 23.2 Å². The molecule has 0 bridgehead atoms. The van der Waals surface area contributed by atoms with Crippen LogP contribution in [0, 0.1) is 5.41 Å². The quantitative estimate of drug-likeness (QED) is 0.474. The lowest BCUT2D eigenvalue weighted by Gasteiger charge is -2.08. The molecule has 0 amide bonds. The van der Waals surface area contributed by atoms with Gasteiger partial charge in [-0.25, -0.2) is 0 Å². The highest BCUT2D eigenvalue weighted by atomic mass is 32.2. The predicted molar refractivity (Wildman–Crippen MR) is 65.0 cm³/mol. The maximum atomic E-state index is 7.31. The molecule has 0 radical (unpaired) electrons. The first-order valence-corrected chi connectivity index (χ1v) is 6.29. The number of nitrogens with one attached hydrogen (secondary N) is 1. The number of nitrogen functional groups attached to an aromatic ring is 1. The Balaban J connectivity index is 1.93. The molecule has 3 N–H and O–H groups in total. The highest BCUT2D eigenvalue weighted by molar-refractivity contribution is 7.99. The number of pyridine rings is 1. The molecule has 1 unspecified atom stereocenters. The van der Waals surface area contributed by atoms with Gasteiger partial charge in [0.15, 0.2) is 0 Å². The number of hydrogen-bond donors (Lipinski definition) is 2. The van der Waals surface area contributed by atoms with Crippen LogP contribution in [0.5, 0.6) is 0 Å².